The number of hydrogen-bond donors (Lipinski definition) is 2. The van der Waals surface area contributed by atoms with Crippen molar-refractivity contribution in [1.82, 2.24) is 0 Å². The van der Waals surface area contributed by atoms with Crippen molar-refractivity contribution in [2.75, 3.05) is 19.7 Å². The van der Waals surface area contributed by atoms with Gasteiger partial charge in [-0.25, -0.2) is 0 Å². The molecule has 0 amide bonds. The van der Waals surface area contributed by atoms with Gasteiger partial charge < -0.3 is 16.2 Å². The zero-order valence-corrected chi connectivity index (χ0v) is 15.0. The van der Waals surface area contributed by atoms with Crippen LogP contribution in [0.25, 0.3) is 0 Å². The van der Waals surface area contributed by atoms with E-state index in [0.29, 0.717) is 24.9 Å². The highest BCUT2D eigenvalue weighted by Crippen LogP contribution is 2.30. The molecule has 126 valence electrons. The molecule has 1 unspecified atom stereocenters. The summed E-state index contributed by atoms with van der Waals surface area (Å²) in [5, 5.41) is 0. The molecule has 0 spiro atoms. The van der Waals surface area contributed by atoms with Gasteiger partial charge in [-0.3, -0.25) is 0 Å². The summed E-state index contributed by atoms with van der Waals surface area (Å²) < 4.78 is 5.94. The lowest BCUT2D eigenvalue weighted by Gasteiger charge is -2.25. The van der Waals surface area contributed by atoms with Gasteiger partial charge in [0.05, 0.1) is 6.61 Å². The number of nitrogens with two attached hydrogens (primary N) is 2. The normalized spacial score (nSPS) is 13.5. The average molecular weight is 306 g/mol. The minimum absolute atomic E-state index is 0.141. The predicted octanol–water partition coefficient (Wildman–Crippen LogP) is 3.49. The standard InChI is InChI=1S/C19H34N2O/c1-6-9-22-18-8-7-17(19(3,4)5)11-15(18)10-14(2)16(12-20)13-21/h7-8,11,14,16H,6,9-10,12-13,20-21H2,1-5H3. The van der Waals surface area contributed by atoms with Gasteiger partial charge in [0.15, 0.2) is 0 Å². The van der Waals surface area contributed by atoms with Crippen molar-refractivity contribution in [3.05, 3.63) is 29.3 Å². The Morgan fingerprint density at radius 1 is 1.14 bits per heavy atom. The molecule has 0 bridgehead atoms. The molecule has 0 fully saturated rings. The topological polar surface area (TPSA) is 61.3 Å². The maximum atomic E-state index is 5.94. The predicted molar refractivity (Wildman–Crippen MR) is 95.4 cm³/mol. The third-order valence-corrected chi connectivity index (χ3v) is 4.34. The molecule has 0 aromatic heterocycles. The molecular formula is C19H34N2O. The van der Waals surface area contributed by atoms with Gasteiger partial charge in [0.25, 0.3) is 0 Å². The summed E-state index contributed by atoms with van der Waals surface area (Å²) in [7, 11) is 0. The summed E-state index contributed by atoms with van der Waals surface area (Å²) in [4.78, 5) is 0. The van der Waals surface area contributed by atoms with Crippen LogP contribution in [0.3, 0.4) is 0 Å². The van der Waals surface area contributed by atoms with Crippen molar-refractivity contribution in [3.8, 4) is 5.75 Å². The average Bonchev–Trinajstić information content (AvgIpc) is 2.46. The minimum atomic E-state index is 0.141. The fraction of sp³-hybridized carbons (Fsp3) is 0.684. The third kappa shape index (κ3) is 5.29. The smallest absolute Gasteiger partial charge is 0.122 e. The summed E-state index contributed by atoms with van der Waals surface area (Å²) in [6.07, 6.45) is 1.98. The van der Waals surface area contributed by atoms with Crippen LogP contribution in [0.5, 0.6) is 5.75 Å². The number of hydrogen-bond acceptors (Lipinski definition) is 3. The summed E-state index contributed by atoms with van der Waals surface area (Å²) in [6, 6.07) is 6.60. The fourth-order valence-electron chi connectivity index (χ4n) is 2.63. The van der Waals surface area contributed by atoms with Crippen molar-refractivity contribution in [3.63, 3.8) is 0 Å². The first-order valence-corrected chi connectivity index (χ1v) is 8.49. The summed E-state index contributed by atoms with van der Waals surface area (Å²) >= 11 is 0. The maximum Gasteiger partial charge on any atom is 0.122 e. The second-order valence-corrected chi connectivity index (χ2v) is 7.33. The zero-order valence-electron chi connectivity index (χ0n) is 15.0. The van der Waals surface area contributed by atoms with Crippen LogP contribution in [0.2, 0.25) is 0 Å². The SMILES string of the molecule is CCCOc1ccc(C(C)(C)C)cc1CC(C)C(CN)CN. The van der Waals surface area contributed by atoms with E-state index in [4.69, 9.17) is 16.2 Å². The van der Waals surface area contributed by atoms with Crippen LogP contribution in [0.1, 0.15) is 52.2 Å². The molecule has 1 atom stereocenters. The van der Waals surface area contributed by atoms with E-state index in [0.717, 1.165) is 25.2 Å². The van der Waals surface area contributed by atoms with Crippen molar-refractivity contribution in [2.24, 2.45) is 23.3 Å². The van der Waals surface area contributed by atoms with Crippen LogP contribution in [0, 0.1) is 11.8 Å². The highest BCUT2D eigenvalue weighted by molar-refractivity contribution is 5.40. The second kappa shape index (κ2) is 8.54. The first kappa shape index (κ1) is 19.0. The molecule has 3 heteroatoms. The lowest BCUT2D eigenvalue weighted by atomic mass is 9.83. The Kier molecular flexibility index (Phi) is 7.37. The second-order valence-electron chi connectivity index (χ2n) is 7.33. The van der Waals surface area contributed by atoms with Crippen molar-refractivity contribution < 1.29 is 4.74 Å². The monoisotopic (exact) mass is 306 g/mol. The van der Waals surface area contributed by atoms with Crippen molar-refractivity contribution in [1.29, 1.82) is 0 Å². The minimum Gasteiger partial charge on any atom is -0.493 e. The molecule has 0 aliphatic heterocycles. The lowest BCUT2D eigenvalue weighted by Crippen LogP contribution is -2.30. The van der Waals surface area contributed by atoms with E-state index >= 15 is 0 Å². The van der Waals surface area contributed by atoms with E-state index in [1.807, 2.05) is 0 Å². The Morgan fingerprint density at radius 3 is 2.27 bits per heavy atom. The molecule has 4 N–H and O–H groups in total. The van der Waals surface area contributed by atoms with E-state index in [1.165, 1.54) is 11.1 Å². The molecule has 0 aliphatic rings. The van der Waals surface area contributed by atoms with E-state index in [2.05, 4.69) is 52.8 Å². The van der Waals surface area contributed by atoms with E-state index in [-0.39, 0.29) is 5.41 Å². The van der Waals surface area contributed by atoms with Gasteiger partial charge in [-0.15, -0.1) is 0 Å². The van der Waals surface area contributed by atoms with Gasteiger partial charge in [-0.05, 0) is 60.4 Å². The van der Waals surface area contributed by atoms with Crippen LogP contribution >= 0.6 is 0 Å². The van der Waals surface area contributed by atoms with Gasteiger partial charge in [0.2, 0.25) is 0 Å². The highest BCUT2D eigenvalue weighted by Gasteiger charge is 2.20. The molecule has 3 nitrogen and oxygen atoms in total. The maximum absolute atomic E-state index is 5.94. The quantitative estimate of drug-likeness (QED) is 0.773. The molecule has 1 aromatic carbocycles. The van der Waals surface area contributed by atoms with E-state index in [9.17, 15) is 0 Å². The Labute approximate surface area is 136 Å². The van der Waals surface area contributed by atoms with E-state index < -0.39 is 0 Å². The van der Waals surface area contributed by atoms with Crippen LogP contribution in [-0.2, 0) is 11.8 Å². The van der Waals surface area contributed by atoms with Gasteiger partial charge in [0, 0.05) is 0 Å². The fourth-order valence-corrected chi connectivity index (χ4v) is 2.63. The third-order valence-electron chi connectivity index (χ3n) is 4.34. The molecule has 0 radical (unpaired) electrons. The molecule has 0 aliphatic carbocycles. The van der Waals surface area contributed by atoms with Crippen LogP contribution < -0.4 is 16.2 Å². The number of benzene rings is 1. The Morgan fingerprint density at radius 2 is 1.77 bits per heavy atom. The molecule has 22 heavy (non-hydrogen) atoms. The van der Waals surface area contributed by atoms with Gasteiger partial charge in [-0.1, -0.05) is 46.8 Å². The van der Waals surface area contributed by atoms with Crippen LogP contribution in [0.15, 0.2) is 18.2 Å². The summed E-state index contributed by atoms with van der Waals surface area (Å²) in [5.41, 5.74) is 14.5. The first-order chi connectivity index (χ1) is 10.3. The van der Waals surface area contributed by atoms with Crippen molar-refractivity contribution >= 4 is 0 Å². The molecular weight excluding hydrogens is 272 g/mol. The van der Waals surface area contributed by atoms with Crippen molar-refractivity contribution in [2.45, 2.75) is 52.9 Å². The first-order valence-electron chi connectivity index (χ1n) is 8.49. The Bertz CT molecular complexity index is 447. The number of ether oxygens (including phenoxy) is 1. The van der Waals surface area contributed by atoms with Gasteiger partial charge >= 0.3 is 0 Å². The molecule has 0 saturated heterocycles. The number of rotatable bonds is 8. The summed E-state index contributed by atoms with van der Waals surface area (Å²) in [6.45, 7) is 13.1. The Balaban J connectivity index is 3.05. The van der Waals surface area contributed by atoms with Gasteiger partial charge in [-0.2, -0.15) is 0 Å². The molecule has 0 heterocycles. The Hall–Kier alpha value is -1.06. The van der Waals surface area contributed by atoms with Crippen LogP contribution in [-0.4, -0.2) is 19.7 Å². The highest BCUT2D eigenvalue weighted by atomic mass is 16.5. The molecule has 1 rings (SSSR count). The van der Waals surface area contributed by atoms with E-state index in [1.54, 1.807) is 0 Å². The molecule has 1 aromatic rings. The van der Waals surface area contributed by atoms with Crippen LogP contribution in [0.4, 0.5) is 0 Å². The zero-order chi connectivity index (χ0) is 16.8. The largest absolute Gasteiger partial charge is 0.493 e. The summed E-state index contributed by atoms with van der Waals surface area (Å²) in [5.74, 6) is 1.82. The van der Waals surface area contributed by atoms with Gasteiger partial charge in [0.1, 0.15) is 5.75 Å². The lowest BCUT2D eigenvalue weighted by molar-refractivity contribution is 0.307. The molecule has 0 saturated carbocycles.